The molecule has 0 fully saturated rings. The van der Waals surface area contributed by atoms with Crippen LogP contribution in [0.3, 0.4) is 0 Å². The second-order valence-corrected chi connectivity index (χ2v) is 3.84. The summed E-state index contributed by atoms with van der Waals surface area (Å²) in [5.41, 5.74) is 3.18. The van der Waals surface area contributed by atoms with Crippen molar-refractivity contribution in [2.45, 2.75) is 6.18 Å². The van der Waals surface area contributed by atoms with Gasteiger partial charge >= 0.3 is 6.18 Å². The summed E-state index contributed by atoms with van der Waals surface area (Å²) >= 11 is 0. The molecule has 7 heteroatoms. The molecule has 0 aliphatic heterocycles. The van der Waals surface area contributed by atoms with E-state index in [-0.39, 0.29) is 0 Å². The Labute approximate surface area is 112 Å². The van der Waals surface area contributed by atoms with Gasteiger partial charge in [0.15, 0.2) is 0 Å². The Hall–Kier alpha value is -2.57. The van der Waals surface area contributed by atoms with Crippen LogP contribution < -0.4 is 10.9 Å². The number of carbonyl (C=O) groups excluding carboxylic acids is 1. The van der Waals surface area contributed by atoms with E-state index in [1.807, 2.05) is 0 Å². The van der Waals surface area contributed by atoms with Gasteiger partial charge in [0.1, 0.15) is 5.82 Å². The minimum absolute atomic E-state index is 0.324. The van der Waals surface area contributed by atoms with Crippen molar-refractivity contribution in [1.82, 2.24) is 10.4 Å². The first-order valence-corrected chi connectivity index (χ1v) is 5.62. The molecule has 1 aromatic carbocycles. The first kappa shape index (κ1) is 13.9. The summed E-state index contributed by atoms with van der Waals surface area (Å²) in [6.45, 7) is 0. The molecule has 2 rings (SSSR count). The Bertz CT molecular complexity index is 599. The van der Waals surface area contributed by atoms with Crippen molar-refractivity contribution in [2.24, 2.45) is 0 Å². The summed E-state index contributed by atoms with van der Waals surface area (Å²) in [7, 11) is 0. The van der Waals surface area contributed by atoms with E-state index in [0.717, 1.165) is 12.1 Å². The van der Waals surface area contributed by atoms with Crippen molar-refractivity contribution in [3.05, 3.63) is 59.8 Å². The second kappa shape index (κ2) is 5.60. The van der Waals surface area contributed by atoms with Gasteiger partial charge in [-0.3, -0.25) is 15.6 Å². The van der Waals surface area contributed by atoms with Gasteiger partial charge in [-0.25, -0.2) is 4.98 Å². The van der Waals surface area contributed by atoms with Crippen LogP contribution in [0, 0.1) is 0 Å². The lowest BCUT2D eigenvalue weighted by Gasteiger charge is -2.13. The second-order valence-electron chi connectivity index (χ2n) is 3.84. The predicted molar refractivity (Wildman–Crippen MR) is 66.8 cm³/mol. The molecule has 0 atom stereocenters. The van der Waals surface area contributed by atoms with Gasteiger partial charge < -0.3 is 0 Å². The summed E-state index contributed by atoms with van der Waals surface area (Å²) in [5, 5.41) is 0. The van der Waals surface area contributed by atoms with E-state index in [1.165, 1.54) is 18.3 Å². The largest absolute Gasteiger partial charge is 0.417 e. The number of nitrogens with zero attached hydrogens (tertiary/aromatic N) is 1. The predicted octanol–water partition coefficient (Wildman–Crippen LogP) is 2.86. The monoisotopic (exact) mass is 281 g/mol. The van der Waals surface area contributed by atoms with Gasteiger partial charge in [-0.15, -0.1) is 0 Å². The van der Waals surface area contributed by atoms with Gasteiger partial charge in [0.25, 0.3) is 5.91 Å². The number of nitrogens with one attached hydrogen (secondary N) is 2. The molecule has 0 aliphatic rings. The molecule has 0 saturated carbocycles. The summed E-state index contributed by atoms with van der Waals surface area (Å²) in [6.07, 6.45) is -3.10. The maximum Gasteiger partial charge on any atom is 0.417 e. The fourth-order valence-corrected chi connectivity index (χ4v) is 1.55. The van der Waals surface area contributed by atoms with E-state index in [4.69, 9.17) is 0 Å². The van der Waals surface area contributed by atoms with Crippen molar-refractivity contribution in [3.8, 4) is 0 Å². The zero-order valence-corrected chi connectivity index (χ0v) is 10.1. The molecule has 4 nitrogen and oxygen atoms in total. The zero-order chi connectivity index (χ0) is 14.6. The van der Waals surface area contributed by atoms with Crippen molar-refractivity contribution < 1.29 is 18.0 Å². The molecule has 104 valence electrons. The maximum atomic E-state index is 12.8. The van der Waals surface area contributed by atoms with E-state index < -0.39 is 23.2 Å². The van der Waals surface area contributed by atoms with Crippen LogP contribution in [0.4, 0.5) is 19.0 Å². The Morgan fingerprint density at radius 3 is 2.40 bits per heavy atom. The molecule has 1 amide bonds. The van der Waals surface area contributed by atoms with Crippen LogP contribution in [0.1, 0.15) is 15.9 Å². The van der Waals surface area contributed by atoms with Crippen LogP contribution >= 0.6 is 0 Å². The number of halogens is 3. The average Bonchev–Trinajstić information content (AvgIpc) is 2.45. The quantitative estimate of drug-likeness (QED) is 0.851. The molecule has 0 radical (unpaired) electrons. The van der Waals surface area contributed by atoms with Crippen LogP contribution in [0.5, 0.6) is 0 Å². The first-order valence-electron chi connectivity index (χ1n) is 5.62. The third-order valence-corrected chi connectivity index (χ3v) is 2.45. The van der Waals surface area contributed by atoms with Gasteiger partial charge in [0, 0.05) is 6.20 Å². The van der Waals surface area contributed by atoms with E-state index in [0.29, 0.717) is 5.82 Å². The normalized spacial score (nSPS) is 10.9. The minimum atomic E-state index is -4.58. The molecule has 2 aromatic rings. The van der Waals surface area contributed by atoms with Crippen LogP contribution in [0.2, 0.25) is 0 Å². The molecule has 1 aromatic heterocycles. The fourth-order valence-electron chi connectivity index (χ4n) is 1.55. The summed E-state index contributed by atoms with van der Waals surface area (Å²) < 4.78 is 38.3. The molecule has 1 heterocycles. The lowest BCUT2D eigenvalue weighted by molar-refractivity contribution is -0.137. The van der Waals surface area contributed by atoms with E-state index in [1.54, 1.807) is 18.2 Å². The van der Waals surface area contributed by atoms with Crippen LogP contribution in [0.15, 0.2) is 48.7 Å². The van der Waals surface area contributed by atoms with Crippen LogP contribution in [-0.4, -0.2) is 10.9 Å². The Morgan fingerprint density at radius 2 is 1.75 bits per heavy atom. The number of rotatable bonds is 3. The molecule has 2 N–H and O–H groups in total. The summed E-state index contributed by atoms with van der Waals surface area (Å²) in [4.78, 5) is 15.7. The Kier molecular flexibility index (Phi) is 3.88. The van der Waals surface area contributed by atoms with Crippen molar-refractivity contribution >= 4 is 11.7 Å². The number of pyridine rings is 1. The minimum Gasteiger partial charge on any atom is -0.282 e. The average molecular weight is 281 g/mol. The van der Waals surface area contributed by atoms with Gasteiger partial charge in [0.2, 0.25) is 0 Å². The van der Waals surface area contributed by atoms with Gasteiger partial charge in [0.05, 0.1) is 11.1 Å². The smallest absolute Gasteiger partial charge is 0.282 e. The van der Waals surface area contributed by atoms with Gasteiger partial charge in [-0.2, -0.15) is 13.2 Å². The molecule has 0 aliphatic carbocycles. The number of benzene rings is 1. The highest BCUT2D eigenvalue weighted by Crippen LogP contribution is 2.31. The zero-order valence-electron chi connectivity index (χ0n) is 10.1. The van der Waals surface area contributed by atoms with E-state index >= 15 is 0 Å². The third kappa shape index (κ3) is 3.25. The standard InChI is InChI=1S/C13H10F3N3O/c14-13(15,16)10-6-2-1-5-9(10)12(20)19-18-11-7-3-4-8-17-11/h1-8H,(H,17,18)(H,19,20). The van der Waals surface area contributed by atoms with Crippen LogP contribution in [-0.2, 0) is 6.18 Å². The molecule has 0 saturated heterocycles. The molecule has 0 bridgehead atoms. The SMILES string of the molecule is O=C(NNc1ccccn1)c1ccccc1C(F)(F)F. The highest BCUT2D eigenvalue weighted by molar-refractivity contribution is 5.96. The highest BCUT2D eigenvalue weighted by Gasteiger charge is 2.34. The Morgan fingerprint density at radius 1 is 1.05 bits per heavy atom. The number of anilines is 1. The van der Waals surface area contributed by atoms with Crippen molar-refractivity contribution in [1.29, 1.82) is 0 Å². The lowest BCUT2D eigenvalue weighted by atomic mass is 10.1. The number of hydrogen-bond donors (Lipinski definition) is 2. The fraction of sp³-hybridized carbons (Fsp3) is 0.0769. The number of hydrogen-bond acceptors (Lipinski definition) is 3. The van der Waals surface area contributed by atoms with Crippen molar-refractivity contribution in [3.63, 3.8) is 0 Å². The first-order chi connectivity index (χ1) is 9.48. The summed E-state index contributed by atoms with van der Waals surface area (Å²) in [5.74, 6) is -0.561. The van der Waals surface area contributed by atoms with E-state index in [2.05, 4.69) is 15.8 Å². The topological polar surface area (TPSA) is 54.0 Å². The number of carbonyl (C=O) groups is 1. The molecule has 0 unspecified atom stereocenters. The molecule has 0 spiro atoms. The van der Waals surface area contributed by atoms with E-state index in [9.17, 15) is 18.0 Å². The van der Waals surface area contributed by atoms with Gasteiger partial charge in [-0.1, -0.05) is 18.2 Å². The number of alkyl halides is 3. The molecular formula is C13H10F3N3O. The third-order valence-electron chi connectivity index (χ3n) is 2.45. The number of hydrazine groups is 1. The van der Waals surface area contributed by atoms with Gasteiger partial charge in [-0.05, 0) is 24.3 Å². The number of amides is 1. The lowest BCUT2D eigenvalue weighted by Crippen LogP contribution is -2.31. The molecule has 20 heavy (non-hydrogen) atoms. The maximum absolute atomic E-state index is 12.8. The van der Waals surface area contributed by atoms with Crippen LogP contribution in [0.25, 0.3) is 0 Å². The highest BCUT2D eigenvalue weighted by atomic mass is 19.4. The summed E-state index contributed by atoms with van der Waals surface area (Å²) in [6, 6.07) is 9.47. The van der Waals surface area contributed by atoms with Crippen molar-refractivity contribution in [2.75, 3.05) is 5.43 Å². The molecular weight excluding hydrogens is 271 g/mol. The number of aromatic nitrogens is 1. The Balaban J connectivity index is 2.14.